The minimum absolute atomic E-state index is 0.257. The summed E-state index contributed by atoms with van der Waals surface area (Å²) >= 11 is 5.59. The zero-order chi connectivity index (χ0) is 29.9. The van der Waals surface area contributed by atoms with Gasteiger partial charge in [0.05, 0.1) is 12.0 Å². The van der Waals surface area contributed by atoms with Crippen LogP contribution in [0.15, 0.2) is 128 Å². The number of H-pyrrole nitrogens is 2. The van der Waals surface area contributed by atoms with Crippen LogP contribution in [0.2, 0.25) is 0 Å². The molecule has 0 saturated carbocycles. The molecule has 8 heteroatoms. The van der Waals surface area contributed by atoms with Crippen LogP contribution in [0.1, 0.15) is 40.2 Å². The molecule has 0 saturated heterocycles. The van der Waals surface area contributed by atoms with Gasteiger partial charge >= 0.3 is 0 Å². The van der Waals surface area contributed by atoms with E-state index in [1.807, 2.05) is 17.1 Å². The third kappa shape index (κ3) is 5.07. The van der Waals surface area contributed by atoms with E-state index in [-0.39, 0.29) is 5.82 Å². The molecule has 3 heterocycles. The monoisotopic (exact) mass is 598 g/mol. The van der Waals surface area contributed by atoms with Crippen molar-refractivity contribution in [2.45, 2.75) is 31.3 Å². The second kappa shape index (κ2) is 11.9. The first kappa shape index (κ1) is 27.7. The van der Waals surface area contributed by atoms with Crippen molar-refractivity contribution in [1.29, 1.82) is 0 Å². The number of nitrogens with zero attached hydrogens (tertiary/aromatic N) is 4. The zero-order valence-electron chi connectivity index (χ0n) is 24.0. The number of nitrogens with one attached hydrogen (secondary N) is 2. The van der Waals surface area contributed by atoms with Gasteiger partial charge in [0.1, 0.15) is 17.2 Å². The molecule has 0 atom stereocenters. The molecule has 7 rings (SSSR count). The summed E-state index contributed by atoms with van der Waals surface area (Å²) < 4.78 is 18.8. The maximum absolute atomic E-state index is 13.9. The van der Waals surface area contributed by atoms with Crippen LogP contribution in [0, 0.1) is 10.6 Å². The Morgan fingerprint density at radius 3 is 2.09 bits per heavy atom. The third-order valence-corrected chi connectivity index (χ3v) is 8.64. The Labute approximate surface area is 259 Å². The average molecular weight is 599 g/mol. The predicted octanol–water partition coefficient (Wildman–Crippen LogP) is 7.82. The van der Waals surface area contributed by atoms with Crippen LogP contribution in [0.25, 0.3) is 10.9 Å². The van der Waals surface area contributed by atoms with Crippen molar-refractivity contribution < 1.29 is 4.39 Å². The minimum atomic E-state index is -0.589. The molecule has 0 aliphatic heterocycles. The summed E-state index contributed by atoms with van der Waals surface area (Å²) in [5.41, 5.74) is 5.77. The van der Waals surface area contributed by atoms with Gasteiger partial charge in [0.25, 0.3) is 0 Å². The highest BCUT2D eigenvalue weighted by atomic mass is 32.1. The van der Waals surface area contributed by atoms with Crippen LogP contribution in [-0.2, 0) is 24.9 Å². The van der Waals surface area contributed by atoms with Gasteiger partial charge in [-0.15, -0.1) is 0 Å². The van der Waals surface area contributed by atoms with Crippen LogP contribution in [0.5, 0.6) is 0 Å². The van der Waals surface area contributed by atoms with Crippen LogP contribution < -0.4 is 0 Å². The first-order chi connectivity index (χ1) is 21.6. The number of benzene rings is 4. The highest BCUT2D eigenvalue weighted by molar-refractivity contribution is 7.71. The molecule has 7 aromatic rings. The molecular formula is C36H31FN6S. The SMILES string of the molecule is Fc1ccc2[nH]cc(Cc3n[nH]c(=S)n3CCCc3cn(C(c4ccccc4)(c4ccccc4)c4ccccc4)cn3)c2c1. The number of halogens is 1. The molecule has 0 spiro atoms. The molecule has 0 unspecified atom stereocenters. The first-order valence-corrected chi connectivity index (χ1v) is 15.1. The van der Waals surface area contributed by atoms with Crippen LogP contribution >= 0.6 is 12.2 Å². The van der Waals surface area contributed by atoms with Gasteiger partial charge in [-0.25, -0.2) is 9.37 Å². The van der Waals surface area contributed by atoms with Gasteiger partial charge in [-0.2, -0.15) is 5.10 Å². The molecule has 0 bridgehead atoms. The number of imidazole rings is 1. The van der Waals surface area contributed by atoms with Gasteiger partial charge in [0.2, 0.25) is 0 Å². The van der Waals surface area contributed by atoms with Crippen molar-refractivity contribution in [3.8, 4) is 0 Å². The number of hydrogen-bond acceptors (Lipinski definition) is 3. The van der Waals surface area contributed by atoms with Crippen molar-refractivity contribution in [3.05, 3.63) is 172 Å². The quantitative estimate of drug-likeness (QED) is 0.125. The summed E-state index contributed by atoms with van der Waals surface area (Å²) in [5, 5.41) is 8.31. The molecule has 44 heavy (non-hydrogen) atoms. The van der Waals surface area contributed by atoms with E-state index in [0.29, 0.717) is 17.7 Å². The summed E-state index contributed by atoms with van der Waals surface area (Å²) in [6.07, 6.45) is 8.17. The Morgan fingerprint density at radius 1 is 0.818 bits per heavy atom. The number of rotatable bonds is 10. The predicted molar refractivity (Wildman–Crippen MR) is 174 cm³/mol. The van der Waals surface area contributed by atoms with Gasteiger partial charge in [0, 0.05) is 36.3 Å². The van der Waals surface area contributed by atoms with E-state index >= 15 is 0 Å². The Balaban J connectivity index is 1.17. The summed E-state index contributed by atoms with van der Waals surface area (Å²) in [5.74, 6) is 0.564. The van der Waals surface area contributed by atoms with E-state index in [9.17, 15) is 4.39 Å². The molecule has 3 aromatic heterocycles. The Bertz CT molecular complexity index is 1960. The normalized spacial score (nSPS) is 11.8. The number of aromatic nitrogens is 6. The minimum Gasteiger partial charge on any atom is -0.361 e. The second-order valence-corrected chi connectivity index (χ2v) is 11.3. The molecular weight excluding hydrogens is 568 g/mol. The molecule has 2 N–H and O–H groups in total. The topological polar surface area (TPSA) is 67.2 Å². The Hall–Kier alpha value is -5.08. The fourth-order valence-corrected chi connectivity index (χ4v) is 6.51. The molecule has 0 fully saturated rings. The smallest absolute Gasteiger partial charge is 0.195 e. The van der Waals surface area contributed by atoms with Crippen molar-refractivity contribution in [2.75, 3.05) is 0 Å². The molecule has 0 aliphatic rings. The fraction of sp³-hybridized carbons (Fsp3) is 0.139. The van der Waals surface area contributed by atoms with Crippen LogP contribution in [0.3, 0.4) is 0 Å². The molecule has 0 amide bonds. The third-order valence-electron chi connectivity index (χ3n) is 8.33. The Kier molecular flexibility index (Phi) is 7.50. The van der Waals surface area contributed by atoms with Crippen molar-refractivity contribution in [1.82, 2.24) is 29.3 Å². The van der Waals surface area contributed by atoms with Crippen molar-refractivity contribution in [2.24, 2.45) is 0 Å². The van der Waals surface area contributed by atoms with Crippen molar-refractivity contribution in [3.63, 3.8) is 0 Å². The summed E-state index contributed by atoms with van der Waals surface area (Å²) in [6, 6.07) is 36.6. The summed E-state index contributed by atoms with van der Waals surface area (Å²) in [4.78, 5) is 8.12. The zero-order valence-corrected chi connectivity index (χ0v) is 24.8. The number of aromatic amines is 2. The van der Waals surface area contributed by atoms with Gasteiger partial charge < -0.3 is 14.1 Å². The van der Waals surface area contributed by atoms with E-state index in [0.717, 1.165) is 57.5 Å². The highest BCUT2D eigenvalue weighted by Crippen LogP contribution is 2.40. The second-order valence-electron chi connectivity index (χ2n) is 11.0. The fourth-order valence-electron chi connectivity index (χ4n) is 6.26. The maximum Gasteiger partial charge on any atom is 0.195 e. The van der Waals surface area contributed by atoms with Gasteiger partial charge in [-0.05, 0) is 65.5 Å². The molecule has 218 valence electrons. The summed E-state index contributed by atoms with van der Waals surface area (Å²) in [7, 11) is 0. The lowest BCUT2D eigenvalue weighted by molar-refractivity contribution is 0.514. The Morgan fingerprint density at radius 2 is 1.45 bits per heavy atom. The van der Waals surface area contributed by atoms with E-state index in [1.54, 1.807) is 12.1 Å². The summed E-state index contributed by atoms with van der Waals surface area (Å²) in [6.45, 7) is 0.690. The maximum atomic E-state index is 13.9. The van der Waals surface area contributed by atoms with Gasteiger partial charge in [-0.1, -0.05) is 91.0 Å². The van der Waals surface area contributed by atoms with E-state index in [1.165, 1.54) is 6.07 Å². The van der Waals surface area contributed by atoms with Crippen molar-refractivity contribution >= 4 is 23.1 Å². The number of hydrogen-bond donors (Lipinski definition) is 2. The lowest BCUT2D eigenvalue weighted by Gasteiger charge is -2.37. The largest absolute Gasteiger partial charge is 0.361 e. The highest BCUT2D eigenvalue weighted by Gasteiger charge is 2.38. The van der Waals surface area contributed by atoms with Gasteiger partial charge in [-0.3, -0.25) is 5.10 Å². The molecule has 0 aliphatic carbocycles. The first-order valence-electron chi connectivity index (χ1n) is 14.7. The average Bonchev–Trinajstić information content (AvgIpc) is 3.79. The lowest BCUT2D eigenvalue weighted by atomic mass is 9.77. The molecule has 4 aromatic carbocycles. The molecule has 6 nitrogen and oxygen atoms in total. The molecule has 0 radical (unpaired) electrons. The number of aryl methyl sites for hydroxylation is 1. The lowest BCUT2D eigenvalue weighted by Crippen LogP contribution is -2.36. The van der Waals surface area contributed by atoms with Crippen LogP contribution in [0.4, 0.5) is 4.39 Å². The van der Waals surface area contributed by atoms with E-state index < -0.39 is 5.54 Å². The van der Waals surface area contributed by atoms with Gasteiger partial charge in [0.15, 0.2) is 4.77 Å². The standard InChI is InChI=1S/C36H31FN6S/c37-30-18-19-33-32(22-30)26(23-38-33)21-34-40-41-35(44)43(34)20-10-17-31-24-42(25-39-31)36(27-11-4-1-5-12-27,28-13-6-2-7-14-28)29-15-8-3-9-16-29/h1-9,11-16,18-19,22-25,38H,10,17,20-21H2,(H,41,44). The van der Waals surface area contributed by atoms with Crippen LogP contribution in [-0.4, -0.2) is 29.3 Å². The van der Waals surface area contributed by atoms with E-state index in [4.69, 9.17) is 17.2 Å². The van der Waals surface area contributed by atoms with E-state index in [2.05, 4.69) is 117 Å². The number of fused-ring (bicyclic) bond motifs is 1.